The quantitative estimate of drug-likeness (QED) is 0.400. The Labute approximate surface area is 193 Å². The fraction of sp³-hybridized carbons (Fsp3) is 0.926. The summed E-state index contributed by atoms with van der Waals surface area (Å²) in [5.74, 6) is 0.946. The largest absolute Gasteiger partial charge is 0.396 e. The van der Waals surface area contributed by atoms with E-state index in [0.29, 0.717) is 24.7 Å². The number of hydrogen-bond donors (Lipinski definition) is 5. The zero-order valence-corrected chi connectivity index (χ0v) is 20.5. The number of allylic oxidation sites excluding steroid dienone is 1. The second kappa shape index (κ2) is 8.96. The van der Waals surface area contributed by atoms with Gasteiger partial charge in [-0.1, -0.05) is 39.3 Å². The monoisotopic (exact) mass is 450 g/mol. The predicted octanol–water partition coefficient (Wildman–Crippen LogP) is 3.27. The van der Waals surface area contributed by atoms with Gasteiger partial charge in [0.2, 0.25) is 0 Å². The molecule has 0 bridgehead atoms. The van der Waals surface area contributed by atoms with E-state index in [-0.39, 0.29) is 47.2 Å². The van der Waals surface area contributed by atoms with Crippen LogP contribution >= 0.6 is 0 Å². The van der Waals surface area contributed by atoms with E-state index in [0.717, 1.165) is 38.5 Å². The van der Waals surface area contributed by atoms with Crippen molar-refractivity contribution in [3.05, 3.63) is 11.6 Å². The maximum atomic E-state index is 11.6. The molecule has 3 saturated carbocycles. The van der Waals surface area contributed by atoms with Crippen molar-refractivity contribution in [3.63, 3.8) is 0 Å². The lowest BCUT2D eigenvalue weighted by molar-refractivity contribution is -0.136. The molecule has 0 saturated heterocycles. The van der Waals surface area contributed by atoms with Crippen LogP contribution in [0.15, 0.2) is 11.6 Å². The molecule has 4 aliphatic rings. The molecular formula is C27H46O5. The van der Waals surface area contributed by atoms with E-state index in [4.69, 9.17) is 0 Å². The van der Waals surface area contributed by atoms with Crippen LogP contribution < -0.4 is 0 Å². The zero-order valence-electron chi connectivity index (χ0n) is 20.5. The first-order chi connectivity index (χ1) is 15.0. The summed E-state index contributed by atoms with van der Waals surface area (Å²) in [7, 11) is 0. The Morgan fingerprint density at radius 2 is 1.81 bits per heavy atom. The Hall–Kier alpha value is -0.460. The molecule has 0 heterocycles. The summed E-state index contributed by atoms with van der Waals surface area (Å²) < 4.78 is 0. The van der Waals surface area contributed by atoms with Gasteiger partial charge in [0, 0.05) is 6.61 Å². The van der Waals surface area contributed by atoms with E-state index in [1.165, 1.54) is 5.57 Å². The third kappa shape index (κ3) is 3.90. The van der Waals surface area contributed by atoms with Gasteiger partial charge in [-0.3, -0.25) is 0 Å². The van der Waals surface area contributed by atoms with Crippen LogP contribution in [0.2, 0.25) is 0 Å². The fourth-order valence-electron chi connectivity index (χ4n) is 8.83. The topological polar surface area (TPSA) is 101 Å². The maximum Gasteiger partial charge on any atom is 0.0585 e. The van der Waals surface area contributed by atoms with Gasteiger partial charge in [-0.15, -0.1) is 0 Å². The van der Waals surface area contributed by atoms with Crippen molar-refractivity contribution in [2.24, 2.45) is 46.3 Å². The van der Waals surface area contributed by atoms with Gasteiger partial charge in [0.25, 0.3) is 0 Å². The van der Waals surface area contributed by atoms with Gasteiger partial charge < -0.3 is 25.5 Å². The van der Waals surface area contributed by atoms with Gasteiger partial charge in [-0.2, -0.15) is 0 Å². The summed E-state index contributed by atoms with van der Waals surface area (Å²) in [6.45, 7) is 8.74. The average molecular weight is 451 g/mol. The molecule has 32 heavy (non-hydrogen) atoms. The van der Waals surface area contributed by atoms with Crippen LogP contribution in [0.4, 0.5) is 0 Å². The molecule has 0 aromatic heterocycles. The van der Waals surface area contributed by atoms with Gasteiger partial charge in [0.05, 0.1) is 24.4 Å². The first-order valence-electron chi connectivity index (χ1n) is 13.1. The SMILES string of the molecule is C[C@@H](CO)CC[C@H](O)[C@@H](C)[C@H]1[C@@H](O)C[C@H]2[C@@H]3CC=C4C[C@@H](O)CC[C@]4(C)[C@H]3[C@H](O)C[C@]12C. The minimum atomic E-state index is -0.510. The highest BCUT2D eigenvalue weighted by Crippen LogP contribution is 2.67. The van der Waals surface area contributed by atoms with Crippen LogP contribution in [0.3, 0.4) is 0 Å². The van der Waals surface area contributed by atoms with Crippen molar-refractivity contribution in [1.29, 1.82) is 0 Å². The minimum absolute atomic E-state index is 0.0334. The molecule has 0 amide bonds. The molecule has 5 heteroatoms. The molecule has 0 unspecified atom stereocenters. The number of hydrogen-bond acceptors (Lipinski definition) is 5. The van der Waals surface area contributed by atoms with E-state index in [2.05, 4.69) is 26.8 Å². The highest BCUT2D eigenvalue weighted by Gasteiger charge is 2.64. The summed E-state index contributed by atoms with van der Waals surface area (Å²) in [5.41, 5.74) is 1.08. The number of aliphatic hydroxyl groups excluding tert-OH is 5. The van der Waals surface area contributed by atoms with Crippen molar-refractivity contribution < 1.29 is 25.5 Å². The Kier molecular flexibility index (Phi) is 6.90. The molecule has 3 fully saturated rings. The first kappa shape index (κ1) is 24.7. The van der Waals surface area contributed by atoms with E-state index >= 15 is 0 Å². The van der Waals surface area contributed by atoms with Gasteiger partial charge in [0.15, 0.2) is 0 Å². The lowest BCUT2D eigenvalue weighted by atomic mass is 9.46. The average Bonchev–Trinajstić information content (AvgIpc) is 3.00. The molecule has 0 spiro atoms. The Balaban J connectivity index is 1.58. The molecule has 4 aliphatic carbocycles. The third-order valence-corrected chi connectivity index (χ3v) is 10.6. The molecule has 0 aromatic carbocycles. The molecule has 5 N–H and O–H groups in total. The van der Waals surface area contributed by atoms with Gasteiger partial charge in [0.1, 0.15) is 0 Å². The van der Waals surface area contributed by atoms with Gasteiger partial charge in [-0.25, -0.2) is 0 Å². The van der Waals surface area contributed by atoms with Crippen LogP contribution in [0.25, 0.3) is 0 Å². The maximum absolute atomic E-state index is 11.6. The second-order valence-electron chi connectivity index (χ2n) is 12.5. The minimum Gasteiger partial charge on any atom is -0.396 e. The number of rotatable bonds is 6. The summed E-state index contributed by atoms with van der Waals surface area (Å²) in [4.78, 5) is 0. The third-order valence-electron chi connectivity index (χ3n) is 10.6. The predicted molar refractivity (Wildman–Crippen MR) is 125 cm³/mol. The zero-order chi connectivity index (χ0) is 23.4. The van der Waals surface area contributed by atoms with Crippen molar-refractivity contribution >= 4 is 0 Å². The van der Waals surface area contributed by atoms with Crippen molar-refractivity contribution in [2.75, 3.05) is 6.61 Å². The van der Waals surface area contributed by atoms with E-state index in [1.54, 1.807) is 0 Å². The van der Waals surface area contributed by atoms with Crippen LogP contribution in [-0.2, 0) is 0 Å². The van der Waals surface area contributed by atoms with Crippen molar-refractivity contribution in [2.45, 2.75) is 103 Å². The van der Waals surface area contributed by atoms with Crippen LogP contribution in [-0.4, -0.2) is 56.6 Å². The lowest BCUT2D eigenvalue weighted by Gasteiger charge is -2.60. The molecule has 0 radical (unpaired) electrons. The molecule has 12 atom stereocenters. The Morgan fingerprint density at radius 1 is 1.09 bits per heavy atom. The van der Waals surface area contributed by atoms with Gasteiger partial charge in [-0.05, 0) is 97.7 Å². The molecular weight excluding hydrogens is 404 g/mol. The van der Waals surface area contributed by atoms with Crippen molar-refractivity contribution in [1.82, 2.24) is 0 Å². The molecule has 184 valence electrons. The number of fused-ring (bicyclic) bond motifs is 5. The smallest absolute Gasteiger partial charge is 0.0585 e. The van der Waals surface area contributed by atoms with Crippen LogP contribution in [0.1, 0.15) is 79.1 Å². The molecule has 0 aliphatic heterocycles. The first-order valence-corrected chi connectivity index (χ1v) is 13.1. The number of aliphatic hydroxyl groups is 5. The summed E-state index contributed by atoms with van der Waals surface area (Å²) in [5, 5.41) is 53.3. The second-order valence-corrected chi connectivity index (χ2v) is 12.5. The van der Waals surface area contributed by atoms with Crippen LogP contribution in [0.5, 0.6) is 0 Å². The highest BCUT2D eigenvalue weighted by atomic mass is 16.3. The fourth-order valence-corrected chi connectivity index (χ4v) is 8.83. The lowest BCUT2D eigenvalue weighted by Crippen LogP contribution is -2.57. The Bertz CT molecular complexity index is 708. The Morgan fingerprint density at radius 3 is 2.50 bits per heavy atom. The summed E-state index contributed by atoms with van der Waals surface area (Å²) in [6.07, 6.45) is 6.91. The molecule has 5 nitrogen and oxygen atoms in total. The standard InChI is InChI=1S/C27H46O5/c1-15(14-28)5-8-21(30)16(2)24-22(31)12-20-19-7-6-17-11-18(29)9-10-26(17,3)25(19)23(32)13-27(20,24)4/h6,15-16,18-25,28-32H,5,7-14H2,1-4H3/t15-,16-,18+,19+,20+,21+,22+,23-,24+,25-,26+,27+/m1/s1. The van der Waals surface area contributed by atoms with E-state index in [9.17, 15) is 25.5 Å². The van der Waals surface area contributed by atoms with Gasteiger partial charge >= 0.3 is 0 Å². The molecule has 0 aromatic rings. The molecule has 4 rings (SSSR count). The normalized spacial score (nSPS) is 48.8. The van der Waals surface area contributed by atoms with E-state index < -0.39 is 18.3 Å². The highest BCUT2D eigenvalue weighted by molar-refractivity contribution is 5.27. The van der Waals surface area contributed by atoms with Crippen molar-refractivity contribution in [3.8, 4) is 0 Å². The van der Waals surface area contributed by atoms with E-state index in [1.807, 2.05) is 6.92 Å². The summed E-state index contributed by atoms with van der Waals surface area (Å²) in [6, 6.07) is 0. The van der Waals surface area contributed by atoms with Crippen LogP contribution in [0, 0.1) is 46.3 Å². The summed E-state index contributed by atoms with van der Waals surface area (Å²) >= 11 is 0.